The van der Waals surface area contributed by atoms with Gasteiger partial charge in [-0.05, 0) is 25.1 Å². The van der Waals surface area contributed by atoms with Crippen LogP contribution in [0.1, 0.15) is 6.42 Å². The highest BCUT2D eigenvalue weighted by Crippen LogP contribution is 2.32. The van der Waals surface area contributed by atoms with E-state index in [1.54, 1.807) is 6.07 Å². The Labute approximate surface area is 130 Å². The van der Waals surface area contributed by atoms with E-state index in [9.17, 15) is 5.11 Å². The van der Waals surface area contributed by atoms with E-state index in [4.69, 9.17) is 28.9 Å². The number of piperazine rings is 1. The molecular formula is C14H21Cl2N3O. The quantitative estimate of drug-likeness (QED) is 0.870. The van der Waals surface area contributed by atoms with Crippen molar-refractivity contribution < 1.29 is 5.11 Å². The summed E-state index contributed by atoms with van der Waals surface area (Å²) in [7, 11) is 0. The van der Waals surface area contributed by atoms with Gasteiger partial charge in [-0.25, -0.2) is 0 Å². The van der Waals surface area contributed by atoms with Crippen molar-refractivity contribution in [2.75, 3.05) is 44.2 Å². The van der Waals surface area contributed by atoms with Crippen LogP contribution in [-0.2, 0) is 0 Å². The smallest absolute Gasteiger partial charge is 0.0825 e. The van der Waals surface area contributed by atoms with Crippen LogP contribution >= 0.6 is 23.2 Å². The lowest BCUT2D eigenvalue weighted by Gasteiger charge is -2.37. The molecular weight excluding hydrogens is 297 g/mol. The lowest BCUT2D eigenvalue weighted by atomic mass is 10.2. The molecule has 1 aromatic rings. The Balaban J connectivity index is 1.89. The first-order valence-corrected chi connectivity index (χ1v) is 7.67. The van der Waals surface area contributed by atoms with E-state index in [0.29, 0.717) is 29.6 Å². The van der Waals surface area contributed by atoms with Crippen LogP contribution in [-0.4, -0.2) is 55.4 Å². The number of hydrogen-bond acceptors (Lipinski definition) is 4. The third-order valence-electron chi connectivity index (χ3n) is 3.61. The van der Waals surface area contributed by atoms with Gasteiger partial charge in [-0.15, -0.1) is 0 Å². The monoisotopic (exact) mass is 317 g/mol. The highest BCUT2D eigenvalue weighted by Gasteiger charge is 2.21. The van der Waals surface area contributed by atoms with E-state index in [1.807, 2.05) is 12.1 Å². The largest absolute Gasteiger partial charge is 0.392 e. The average Bonchev–Trinajstić information content (AvgIpc) is 2.43. The average molecular weight is 318 g/mol. The minimum absolute atomic E-state index is 0.332. The highest BCUT2D eigenvalue weighted by atomic mass is 35.5. The van der Waals surface area contributed by atoms with Gasteiger partial charge in [0.15, 0.2) is 0 Å². The molecule has 0 aliphatic carbocycles. The molecule has 1 saturated heterocycles. The number of nitrogens with two attached hydrogens (primary N) is 1. The summed E-state index contributed by atoms with van der Waals surface area (Å²) in [6.45, 7) is 4.80. The van der Waals surface area contributed by atoms with Gasteiger partial charge in [-0.2, -0.15) is 0 Å². The third kappa shape index (κ3) is 3.99. The predicted octanol–water partition coefficient (Wildman–Crippen LogP) is 1.83. The first kappa shape index (κ1) is 15.9. The summed E-state index contributed by atoms with van der Waals surface area (Å²) < 4.78 is 0. The molecule has 20 heavy (non-hydrogen) atoms. The number of hydrogen-bond donors (Lipinski definition) is 2. The Morgan fingerprint density at radius 1 is 1.20 bits per heavy atom. The second kappa shape index (κ2) is 7.48. The standard InChI is InChI=1S/C14H21Cl2N3O/c15-12-2-1-3-13(14(12)16)19-8-6-18(7-9-19)10-11(20)4-5-17/h1-3,11,20H,4-10,17H2. The number of benzene rings is 1. The van der Waals surface area contributed by atoms with Crippen molar-refractivity contribution in [1.82, 2.24) is 4.90 Å². The van der Waals surface area contributed by atoms with Crippen molar-refractivity contribution in [3.63, 3.8) is 0 Å². The molecule has 0 radical (unpaired) electrons. The Morgan fingerprint density at radius 2 is 1.90 bits per heavy atom. The summed E-state index contributed by atoms with van der Waals surface area (Å²) in [4.78, 5) is 4.50. The van der Waals surface area contributed by atoms with Crippen LogP contribution in [0.2, 0.25) is 10.0 Å². The maximum Gasteiger partial charge on any atom is 0.0825 e. The minimum Gasteiger partial charge on any atom is -0.392 e. The molecule has 6 heteroatoms. The summed E-state index contributed by atoms with van der Waals surface area (Å²) in [6, 6.07) is 5.71. The molecule has 0 bridgehead atoms. The fraction of sp³-hybridized carbons (Fsp3) is 0.571. The van der Waals surface area contributed by atoms with Gasteiger partial charge in [0.2, 0.25) is 0 Å². The van der Waals surface area contributed by atoms with Gasteiger partial charge < -0.3 is 15.7 Å². The number of aliphatic hydroxyl groups excluding tert-OH is 1. The summed E-state index contributed by atoms with van der Waals surface area (Å²) in [5.74, 6) is 0. The second-order valence-corrected chi connectivity index (χ2v) is 5.88. The van der Waals surface area contributed by atoms with E-state index in [-0.39, 0.29) is 6.10 Å². The number of β-amino-alcohol motifs (C(OH)–C–C–N with tert-alkyl or cyclic N) is 1. The summed E-state index contributed by atoms with van der Waals surface area (Å²) in [6.07, 6.45) is 0.321. The zero-order valence-corrected chi connectivity index (χ0v) is 12.9. The minimum atomic E-state index is -0.332. The first-order chi connectivity index (χ1) is 9.61. The normalized spacial score (nSPS) is 18.3. The zero-order chi connectivity index (χ0) is 14.5. The summed E-state index contributed by atoms with van der Waals surface area (Å²) in [5.41, 5.74) is 6.44. The van der Waals surface area contributed by atoms with E-state index in [1.165, 1.54) is 0 Å². The molecule has 3 N–H and O–H groups in total. The van der Waals surface area contributed by atoms with E-state index in [2.05, 4.69) is 9.80 Å². The van der Waals surface area contributed by atoms with Crippen molar-refractivity contribution in [2.45, 2.75) is 12.5 Å². The van der Waals surface area contributed by atoms with Crippen molar-refractivity contribution in [1.29, 1.82) is 0 Å². The number of aliphatic hydroxyl groups is 1. The Hall–Kier alpha value is -0.520. The van der Waals surface area contributed by atoms with Crippen LogP contribution in [0.3, 0.4) is 0 Å². The van der Waals surface area contributed by atoms with Crippen LogP contribution in [0, 0.1) is 0 Å². The molecule has 1 heterocycles. The number of anilines is 1. The molecule has 4 nitrogen and oxygen atoms in total. The van der Waals surface area contributed by atoms with Gasteiger partial charge in [-0.3, -0.25) is 4.90 Å². The molecule has 0 saturated carbocycles. The van der Waals surface area contributed by atoms with E-state index < -0.39 is 0 Å². The molecule has 1 aliphatic rings. The van der Waals surface area contributed by atoms with Crippen LogP contribution < -0.4 is 10.6 Å². The molecule has 0 aromatic heterocycles. The lowest BCUT2D eigenvalue weighted by Crippen LogP contribution is -2.48. The van der Waals surface area contributed by atoms with Crippen molar-refractivity contribution >= 4 is 28.9 Å². The maximum atomic E-state index is 9.79. The Bertz CT molecular complexity index is 436. The molecule has 1 fully saturated rings. The van der Waals surface area contributed by atoms with Gasteiger partial charge in [0.05, 0.1) is 21.8 Å². The molecule has 1 unspecified atom stereocenters. The van der Waals surface area contributed by atoms with Crippen LogP contribution in [0.25, 0.3) is 0 Å². The molecule has 1 atom stereocenters. The molecule has 2 rings (SSSR count). The SMILES string of the molecule is NCCC(O)CN1CCN(c2cccc(Cl)c2Cl)CC1. The van der Waals surface area contributed by atoms with Gasteiger partial charge in [0.25, 0.3) is 0 Å². The van der Waals surface area contributed by atoms with Gasteiger partial charge in [0.1, 0.15) is 0 Å². The van der Waals surface area contributed by atoms with Crippen LogP contribution in [0.5, 0.6) is 0 Å². The fourth-order valence-electron chi connectivity index (χ4n) is 2.49. The molecule has 0 spiro atoms. The van der Waals surface area contributed by atoms with Crippen LogP contribution in [0.15, 0.2) is 18.2 Å². The third-order valence-corrected chi connectivity index (χ3v) is 4.42. The summed E-state index contributed by atoms with van der Waals surface area (Å²) >= 11 is 12.3. The van der Waals surface area contributed by atoms with E-state index in [0.717, 1.165) is 31.9 Å². The first-order valence-electron chi connectivity index (χ1n) is 6.91. The van der Waals surface area contributed by atoms with E-state index >= 15 is 0 Å². The van der Waals surface area contributed by atoms with Crippen molar-refractivity contribution in [2.24, 2.45) is 5.73 Å². The number of rotatable bonds is 5. The highest BCUT2D eigenvalue weighted by molar-refractivity contribution is 6.43. The van der Waals surface area contributed by atoms with Gasteiger partial charge >= 0.3 is 0 Å². The number of nitrogens with zero attached hydrogens (tertiary/aromatic N) is 2. The molecule has 0 amide bonds. The zero-order valence-electron chi connectivity index (χ0n) is 11.4. The Kier molecular flexibility index (Phi) is 5.93. The van der Waals surface area contributed by atoms with Crippen LogP contribution in [0.4, 0.5) is 5.69 Å². The van der Waals surface area contributed by atoms with Crippen molar-refractivity contribution in [3.8, 4) is 0 Å². The van der Waals surface area contributed by atoms with Crippen molar-refractivity contribution in [3.05, 3.63) is 28.2 Å². The Morgan fingerprint density at radius 3 is 2.55 bits per heavy atom. The topological polar surface area (TPSA) is 52.7 Å². The molecule has 1 aliphatic heterocycles. The summed E-state index contributed by atoms with van der Waals surface area (Å²) in [5, 5.41) is 11.0. The van der Waals surface area contributed by atoms with Gasteiger partial charge in [0, 0.05) is 32.7 Å². The molecule has 1 aromatic carbocycles. The predicted molar refractivity (Wildman–Crippen MR) is 84.8 cm³/mol. The lowest BCUT2D eigenvalue weighted by molar-refractivity contribution is 0.104. The fourth-order valence-corrected chi connectivity index (χ4v) is 2.90. The maximum absolute atomic E-state index is 9.79. The van der Waals surface area contributed by atoms with Gasteiger partial charge in [-0.1, -0.05) is 29.3 Å². The second-order valence-electron chi connectivity index (χ2n) is 5.09. The molecule has 112 valence electrons. The number of halogens is 2.